The van der Waals surface area contributed by atoms with Crippen molar-refractivity contribution in [1.82, 2.24) is 4.90 Å². The van der Waals surface area contributed by atoms with E-state index < -0.39 is 18.0 Å². The van der Waals surface area contributed by atoms with Gasteiger partial charge >= 0.3 is 5.97 Å². The number of aliphatic hydroxyl groups is 1. The van der Waals surface area contributed by atoms with Crippen LogP contribution in [0.5, 0.6) is 0 Å². The average molecular weight is 239 g/mol. The number of amides is 1. The van der Waals surface area contributed by atoms with Crippen molar-refractivity contribution in [1.29, 1.82) is 0 Å². The number of hydrogen-bond acceptors (Lipinski definition) is 3. The zero-order valence-electron chi connectivity index (χ0n) is 10.2. The van der Waals surface area contributed by atoms with E-state index in [-0.39, 0.29) is 23.6 Å². The quantitative estimate of drug-likeness (QED) is 0.707. The van der Waals surface area contributed by atoms with E-state index in [9.17, 15) is 19.8 Å². The van der Waals surface area contributed by atoms with Crippen LogP contribution in [-0.2, 0) is 9.59 Å². The molecule has 2 aliphatic heterocycles. The van der Waals surface area contributed by atoms with Crippen LogP contribution in [0, 0.1) is 11.8 Å². The minimum absolute atomic E-state index is 0.0170. The van der Waals surface area contributed by atoms with E-state index in [1.807, 2.05) is 13.8 Å². The van der Waals surface area contributed by atoms with Crippen LogP contribution >= 0.6 is 0 Å². The fourth-order valence-corrected chi connectivity index (χ4v) is 3.12. The van der Waals surface area contributed by atoms with E-state index >= 15 is 0 Å². The number of hydrogen-bond donors (Lipinski definition) is 2. The molecule has 17 heavy (non-hydrogen) atoms. The van der Waals surface area contributed by atoms with Crippen LogP contribution in [0.15, 0.2) is 11.3 Å². The number of carbonyl (C=O) groups is 2. The molecule has 1 saturated heterocycles. The van der Waals surface area contributed by atoms with Gasteiger partial charge in [-0.2, -0.15) is 0 Å². The third kappa shape index (κ3) is 1.42. The number of carboxylic acids is 1. The predicted octanol–water partition coefficient (Wildman–Crippen LogP) is 0.593. The summed E-state index contributed by atoms with van der Waals surface area (Å²) in [6.07, 6.45) is -0.104. The third-order valence-electron chi connectivity index (χ3n) is 3.90. The van der Waals surface area contributed by atoms with Crippen LogP contribution < -0.4 is 0 Å². The van der Waals surface area contributed by atoms with E-state index in [1.165, 1.54) is 4.90 Å². The van der Waals surface area contributed by atoms with Crippen LogP contribution in [0.2, 0.25) is 0 Å². The molecule has 94 valence electrons. The molecule has 5 nitrogen and oxygen atoms in total. The molecule has 5 heteroatoms. The van der Waals surface area contributed by atoms with Crippen molar-refractivity contribution in [2.24, 2.45) is 11.8 Å². The lowest BCUT2D eigenvalue weighted by atomic mass is 9.77. The minimum Gasteiger partial charge on any atom is -0.477 e. The molecule has 1 amide bonds. The average Bonchev–Trinajstić information content (AvgIpc) is 2.47. The van der Waals surface area contributed by atoms with Crippen LogP contribution in [-0.4, -0.2) is 39.1 Å². The molecule has 0 aromatic rings. The normalized spacial score (nSPS) is 33.5. The van der Waals surface area contributed by atoms with Gasteiger partial charge in [0.2, 0.25) is 5.91 Å². The maximum absolute atomic E-state index is 11.9. The van der Waals surface area contributed by atoms with Crippen LogP contribution in [0.25, 0.3) is 0 Å². The van der Waals surface area contributed by atoms with Gasteiger partial charge in [0.05, 0.1) is 18.1 Å². The molecule has 0 aromatic heterocycles. The van der Waals surface area contributed by atoms with E-state index in [0.29, 0.717) is 6.42 Å². The Morgan fingerprint density at radius 3 is 2.53 bits per heavy atom. The lowest BCUT2D eigenvalue weighted by Crippen LogP contribution is -2.63. The second-order valence-corrected chi connectivity index (χ2v) is 4.79. The summed E-state index contributed by atoms with van der Waals surface area (Å²) >= 11 is 0. The zero-order valence-corrected chi connectivity index (χ0v) is 10.2. The Morgan fingerprint density at radius 2 is 2.12 bits per heavy atom. The highest BCUT2D eigenvalue weighted by Gasteiger charge is 2.59. The Bertz CT molecular complexity index is 413. The maximum atomic E-state index is 11.9. The highest BCUT2D eigenvalue weighted by molar-refractivity contribution is 5.99. The first kappa shape index (κ1) is 12.1. The summed E-state index contributed by atoms with van der Waals surface area (Å²) < 4.78 is 0. The van der Waals surface area contributed by atoms with Gasteiger partial charge in [-0.15, -0.1) is 0 Å². The van der Waals surface area contributed by atoms with E-state index in [4.69, 9.17) is 0 Å². The zero-order chi connectivity index (χ0) is 12.9. The van der Waals surface area contributed by atoms with Gasteiger partial charge in [0.1, 0.15) is 5.70 Å². The van der Waals surface area contributed by atoms with E-state index in [0.717, 1.165) is 5.57 Å². The molecule has 4 atom stereocenters. The first-order valence-corrected chi connectivity index (χ1v) is 5.89. The molecular formula is C12H17NO4. The van der Waals surface area contributed by atoms with Gasteiger partial charge in [0.15, 0.2) is 0 Å². The number of carbonyl (C=O) groups excluding carboxylic acids is 1. The van der Waals surface area contributed by atoms with Crippen molar-refractivity contribution in [3.05, 3.63) is 11.3 Å². The predicted molar refractivity (Wildman–Crippen MR) is 59.9 cm³/mol. The molecular weight excluding hydrogens is 222 g/mol. The summed E-state index contributed by atoms with van der Waals surface area (Å²) in [6, 6.07) is -0.177. The van der Waals surface area contributed by atoms with Gasteiger partial charge in [-0.1, -0.05) is 13.8 Å². The number of aliphatic carboxylic acids is 1. The monoisotopic (exact) mass is 239 g/mol. The smallest absolute Gasteiger partial charge is 0.352 e. The minimum atomic E-state index is -1.05. The highest BCUT2D eigenvalue weighted by Crippen LogP contribution is 2.47. The Kier molecular flexibility index (Phi) is 2.73. The fourth-order valence-electron chi connectivity index (χ4n) is 3.12. The van der Waals surface area contributed by atoms with Gasteiger partial charge < -0.3 is 15.1 Å². The largest absolute Gasteiger partial charge is 0.477 e. The second kappa shape index (κ2) is 3.84. The molecule has 0 radical (unpaired) electrons. The Balaban J connectivity index is 2.39. The first-order chi connectivity index (χ1) is 7.91. The van der Waals surface area contributed by atoms with Crippen LogP contribution in [0.4, 0.5) is 0 Å². The Morgan fingerprint density at radius 1 is 1.53 bits per heavy atom. The van der Waals surface area contributed by atoms with Gasteiger partial charge in [0.25, 0.3) is 0 Å². The topological polar surface area (TPSA) is 77.8 Å². The summed E-state index contributed by atoms with van der Waals surface area (Å²) in [4.78, 5) is 24.4. The summed E-state index contributed by atoms with van der Waals surface area (Å²) in [5.74, 6) is -1.75. The van der Waals surface area contributed by atoms with Crippen molar-refractivity contribution < 1.29 is 19.8 Å². The maximum Gasteiger partial charge on any atom is 0.352 e. The number of rotatable bonds is 3. The van der Waals surface area contributed by atoms with Crippen LogP contribution in [0.1, 0.15) is 27.2 Å². The fraction of sp³-hybridized carbons (Fsp3) is 0.667. The highest BCUT2D eigenvalue weighted by atomic mass is 16.4. The molecule has 0 aromatic carbocycles. The SMILES string of the molecule is CCC1=C(C(=O)O)N2C(=O)[C@H]([C@@H](C)O)[C@H]2[C@H]1C. The summed E-state index contributed by atoms with van der Waals surface area (Å²) in [5.41, 5.74) is 0.936. The van der Waals surface area contributed by atoms with Gasteiger partial charge in [-0.05, 0) is 18.9 Å². The molecule has 0 aliphatic carbocycles. The summed E-state index contributed by atoms with van der Waals surface area (Å²) in [7, 11) is 0. The van der Waals surface area contributed by atoms with Gasteiger partial charge in [0, 0.05) is 5.92 Å². The molecule has 1 fully saturated rings. The van der Waals surface area contributed by atoms with Gasteiger partial charge in [-0.25, -0.2) is 4.79 Å². The lowest BCUT2D eigenvalue weighted by Gasteiger charge is -2.46. The van der Waals surface area contributed by atoms with Crippen LogP contribution in [0.3, 0.4) is 0 Å². The van der Waals surface area contributed by atoms with E-state index in [1.54, 1.807) is 6.92 Å². The first-order valence-electron chi connectivity index (χ1n) is 5.89. The van der Waals surface area contributed by atoms with Crippen molar-refractivity contribution in [3.8, 4) is 0 Å². The molecule has 0 unspecified atom stereocenters. The summed E-state index contributed by atoms with van der Waals surface area (Å²) in [6.45, 7) is 5.40. The number of aliphatic hydroxyl groups excluding tert-OH is 1. The molecule has 2 N–H and O–H groups in total. The third-order valence-corrected chi connectivity index (χ3v) is 3.90. The van der Waals surface area contributed by atoms with Crippen molar-refractivity contribution in [3.63, 3.8) is 0 Å². The number of fused-ring (bicyclic) bond motifs is 1. The molecule has 0 bridgehead atoms. The molecule has 2 rings (SSSR count). The molecule has 0 saturated carbocycles. The molecule has 2 heterocycles. The van der Waals surface area contributed by atoms with Crippen molar-refractivity contribution >= 4 is 11.9 Å². The summed E-state index contributed by atoms with van der Waals surface area (Å²) in [5, 5.41) is 18.8. The van der Waals surface area contributed by atoms with E-state index in [2.05, 4.69) is 0 Å². The molecule has 0 spiro atoms. The number of β-lactam (4-membered cyclic amide) rings is 1. The van der Waals surface area contributed by atoms with Crippen molar-refractivity contribution in [2.45, 2.75) is 39.3 Å². The molecule has 2 aliphatic rings. The Hall–Kier alpha value is -1.36. The van der Waals surface area contributed by atoms with Crippen molar-refractivity contribution in [2.75, 3.05) is 0 Å². The lowest BCUT2D eigenvalue weighted by molar-refractivity contribution is -0.163. The standard InChI is InChI=1S/C12H17NO4/c1-4-7-5(2)9-8(6(3)14)11(15)13(9)10(7)12(16)17/h5-6,8-9,14H,4H2,1-3H3,(H,16,17)/t5-,6+,8+,9+/m0/s1. The number of nitrogens with zero attached hydrogens (tertiary/aromatic N) is 1. The van der Waals surface area contributed by atoms with Gasteiger partial charge in [-0.3, -0.25) is 4.79 Å². The Labute approximate surface area is 99.7 Å². The second-order valence-electron chi connectivity index (χ2n) is 4.79. The number of carboxylic acid groups (broad SMARTS) is 1.